The summed E-state index contributed by atoms with van der Waals surface area (Å²) in [5.41, 5.74) is 11.3. The van der Waals surface area contributed by atoms with Gasteiger partial charge in [-0.05, 0) is 139 Å². The number of carboxylic acid groups (broad SMARTS) is 1. The summed E-state index contributed by atoms with van der Waals surface area (Å²) in [5.74, 6) is 0.0639. The van der Waals surface area contributed by atoms with Crippen LogP contribution >= 0.6 is 0 Å². The molecule has 212 valence electrons. The van der Waals surface area contributed by atoms with E-state index in [2.05, 4.69) is 57.2 Å². The van der Waals surface area contributed by atoms with Crippen LogP contribution in [0.25, 0.3) is 11.1 Å². The van der Waals surface area contributed by atoms with E-state index >= 15 is 0 Å². The quantitative estimate of drug-likeness (QED) is 0.292. The molecule has 2 aliphatic rings. The van der Waals surface area contributed by atoms with Gasteiger partial charge in [-0.3, -0.25) is 0 Å². The number of hydrogen-bond donors (Lipinski definition) is 0. The van der Waals surface area contributed by atoms with Crippen LogP contribution in [0.2, 0.25) is 0 Å². The highest BCUT2D eigenvalue weighted by Gasteiger charge is 2.53. The normalized spacial score (nSPS) is 17.1. The van der Waals surface area contributed by atoms with Crippen molar-refractivity contribution in [2.75, 3.05) is 18.6 Å². The molecule has 3 aromatic carbocycles. The van der Waals surface area contributed by atoms with Crippen molar-refractivity contribution in [3.63, 3.8) is 0 Å². The lowest BCUT2D eigenvalue weighted by Crippen LogP contribution is -2.26. The Morgan fingerprint density at radius 3 is 2.40 bits per heavy atom. The largest absolute Gasteiger partial charge is 0.550 e. The molecule has 0 amide bonds. The molecular weight excluding hydrogens is 520 g/mol. The number of carbonyl (C=O) groups is 1. The summed E-state index contributed by atoms with van der Waals surface area (Å²) in [4.78, 5) is 11.4. The summed E-state index contributed by atoms with van der Waals surface area (Å²) < 4.78 is 28.6. The molecule has 6 heteroatoms. The summed E-state index contributed by atoms with van der Waals surface area (Å²) >= 11 is 0. The minimum Gasteiger partial charge on any atom is -0.550 e. The summed E-state index contributed by atoms with van der Waals surface area (Å²) in [7, 11) is -2.98. The lowest BCUT2D eigenvalue weighted by molar-refractivity contribution is -0.306. The minimum atomic E-state index is -2.98. The van der Waals surface area contributed by atoms with Crippen LogP contribution in [-0.4, -0.2) is 33.0 Å². The van der Waals surface area contributed by atoms with Crippen LogP contribution in [0.1, 0.15) is 70.5 Å². The van der Waals surface area contributed by atoms with E-state index in [1.54, 1.807) is 0 Å². The second kappa shape index (κ2) is 11.0. The summed E-state index contributed by atoms with van der Waals surface area (Å²) in [5, 5.41) is 11.4. The zero-order valence-electron chi connectivity index (χ0n) is 24.0. The van der Waals surface area contributed by atoms with Crippen molar-refractivity contribution < 1.29 is 23.1 Å². The van der Waals surface area contributed by atoms with Crippen molar-refractivity contribution in [1.29, 1.82) is 0 Å². The van der Waals surface area contributed by atoms with E-state index in [0.717, 1.165) is 49.0 Å². The Balaban J connectivity index is 1.29. The lowest BCUT2D eigenvalue weighted by atomic mass is 9.86. The molecule has 0 aromatic heterocycles. The van der Waals surface area contributed by atoms with Crippen molar-refractivity contribution in [3.05, 3.63) is 87.5 Å². The molecular formula is C34H39O5S-. The Morgan fingerprint density at radius 1 is 1.02 bits per heavy atom. The van der Waals surface area contributed by atoms with Crippen molar-refractivity contribution >= 4 is 15.8 Å². The molecule has 2 aliphatic carbocycles. The van der Waals surface area contributed by atoms with Crippen LogP contribution in [-0.2, 0) is 33.9 Å². The van der Waals surface area contributed by atoms with Gasteiger partial charge in [0, 0.05) is 12.2 Å². The molecule has 5 rings (SSSR count). The van der Waals surface area contributed by atoms with Gasteiger partial charge in [0.1, 0.15) is 15.6 Å². The molecule has 0 saturated heterocycles. The van der Waals surface area contributed by atoms with E-state index in [4.69, 9.17) is 4.74 Å². The Bertz CT molecular complexity index is 1530. The fourth-order valence-electron chi connectivity index (χ4n) is 6.77. The van der Waals surface area contributed by atoms with Gasteiger partial charge < -0.3 is 14.6 Å². The van der Waals surface area contributed by atoms with Crippen LogP contribution in [0.15, 0.2) is 48.5 Å². The highest BCUT2D eigenvalue weighted by atomic mass is 32.2. The predicted octanol–water partition coefficient (Wildman–Crippen LogP) is 5.44. The first-order chi connectivity index (χ1) is 19.0. The Kier molecular flexibility index (Phi) is 7.84. The average Bonchev–Trinajstić information content (AvgIpc) is 3.58. The number of ether oxygens (including phenoxy) is 1. The number of hydrogen-bond acceptors (Lipinski definition) is 5. The number of benzene rings is 3. The van der Waals surface area contributed by atoms with Crippen molar-refractivity contribution in [1.82, 2.24) is 0 Å². The molecule has 1 atom stereocenters. The monoisotopic (exact) mass is 559 g/mol. The fraction of sp³-hybridized carbons (Fsp3) is 0.441. The zero-order valence-corrected chi connectivity index (χ0v) is 24.8. The molecule has 0 radical (unpaired) electrons. The van der Waals surface area contributed by atoms with Gasteiger partial charge in [0.2, 0.25) is 0 Å². The van der Waals surface area contributed by atoms with Gasteiger partial charge in [0.15, 0.2) is 0 Å². The SMILES string of the molecule is Cc1cc(OCCCS(C)(=O)=O)cc(C)c1-c1cccc(CCc2ccc3c(c2)CC2(CC2)C3CC(=O)[O-])c1C. The maximum atomic E-state index is 11.4. The molecule has 1 fully saturated rings. The predicted molar refractivity (Wildman–Crippen MR) is 157 cm³/mol. The Morgan fingerprint density at radius 2 is 1.75 bits per heavy atom. The zero-order chi connectivity index (χ0) is 28.7. The van der Waals surface area contributed by atoms with Crippen LogP contribution in [0.3, 0.4) is 0 Å². The molecule has 1 saturated carbocycles. The topological polar surface area (TPSA) is 83.5 Å². The third kappa shape index (κ3) is 6.12. The highest BCUT2D eigenvalue weighted by molar-refractivity contribution is 7.90. The molecule has 40 heavy (non-hydrogen) atoms. The molecule has 0 bridgehead atoms. The van der Waals surface area contributed by atoms with Crippen LogP contribution in [0.4, 0.5) is 0 Å². The molecule has 0 aliphatic heterocycles. The molecule has 1 unspecified atom stereocenters. The fourth-order valence-corrected chi connectivity index (χ4v) is 7.41. The van der Waals surface area contributed by atoms with Crippen molar-refractivity contribution in [2.24, 2.45) is 5.41 Å². The average molecular weight is 560 g/mol. The maximum absolute atomic E-state index is 11.4. The van der Waals surface area contributed by atoms with E-state index in [0.29, 0.717) is 13.0 Å². The van der Waals surface area contributed by atoms with E-state index in [1.807, 2.05) is 12.1 Å². The number of carboxylic acids is 1. The van der Waals surface area contributed by atoms with E-state index < -0.39 is 15.8 Å². The van der Waals surface area contributed by atoms with Gasteiger partial charge in [-0.15, -0.1) is 0 Å². The Hall–Kier alpha value is -3.12. The molecule has 5 nitrogen and oxygen atoms in total. The summed E-state index contributed by atoms with van der Waals surface area (Å²) in [6, 6.07) is 17.3. The van der Waals surface area contributed by atoms with Crippen molar-refractivity contribution in [2.45, 2.75) is 71.6 Å². The smallest absolute Gasteiger partial charge is 0.147 e. The Labute approximate surface area is 238 Å². The number of fused-ring (bicyclic) bond motifs is 1. The molecule has 0 heterocycles. The molecule has 3 aromatic rings. The number of aryl methyl sites for hydroxylation is 4. The van der Waals surface area contributed by atoms with Gasteiger partial charge in [-0.25, -0.2) is 8.42 Å². The molecule has 0 N–H and O–H groups in total. The van der Waals surface area contributed by atoms with Crippen LogP contribution < -0.4 is 9.84 Å². The maximum Gasteiger partial charge on any atom is 0.147 e. The number of aliphatic carboxylic acids is 1. The van der Waals surface area contributed by atoms with Crippen molar-refractivity contribution in [3.8, 4) is 16.9 Å². The second-order valence-corrected chi connectivity index (χ2v) is 14.3. The highest BCUT2D eigenvalue weighted by Crippen LogP contribution is 2.64. The van der Waals surface area contributed by atoms with Gasteiger partial charge in [-0.1, -0.05) is 36.4 Å². The third-order valence-corrected chi connectivity index (χ3v) is 9.99. The number of rotatable bonds is 11. The first kappa shape index (κ1) is 28.4. The lowest BCUT2D eigenvalue weighted by Gasteiger charge is -2.20. The first-order valence-corrected chi connectivity index (χ1v) is 16.3. The number of carbonyl (C=O) groups excluding carboxylic acids is 1. The van der Waals surface area contributed by atoms with Gasteiger partial charge in [0.25, 0.3) is 0 Å². The van der Waals surface area contributed by atoms with Crippen LogP contribution in [0, 0.1) is 26.2 Å². The van der Waals surface area contributed by atoms with E-state index in [1.165, 1.54) is 45.2 Å². The van der Waals surface area contributed by atoms with Gasteiger partial charge in [0.05, 0.1) is 12.4 Å². The van der Waals surface area contributed by atoms with E-state index in [9.17, 15) is 18.3 Å². The van der Waals surface area contributed by atoms with Gasteiger partial charge in [-0.2, -0.15) is 0 Å². The summed E-state index contributed by atoms with van der Waals surface area (Å²) in [6.45, 7) is 6.77. The number of sulfone groups is 1. The minimum absolute atomic E-state index is 0.108. The summed E-state index contributed by atoms with van der Waals surface area (Å²) in [6.07, 6.45) is 6.97. The van der Waals surface area contributed by atoms with Crippen LogP contribution in [0.5, 0.6) is 5.75 Å². The third-order valence-electron chi connectivity index (χ3n) is 8.96. The second-order valence-electron chi connectivity index (χ2n) is 12.1. The van der Waals surface area contributed by atoms with Gasteiger partial charge >= 0.3 is 0 Å². The standard InChI is InChI=1S/C34H40O5S/c1-22-17-28(39-15-6-16-40(4,37)38)18-23(2)33(22)29-8-5-7-26(24(29)3)11-9-25-10-12-30-27(19-25)21-34(13-14-34)31(30)20-32(35)36/h5,7-8,10,12,17-19,31H,6,9,11,13-16,20-21H2,1-4H3,(H,35,36)/p-1. The molecule has 1 spiro atoms. The van der Waals surface area contributed by atoms with E-state index in [-0.39, 0.29) is 23.5 Å². The first-order valence-electron chi connectivity index (χ1n) is 14.3.